The number of halogens is 1. The highest BCUT2D eigenvalue weighted by Crippen LogP contribution is 2.22. The standard InChI is InChI=1S/C23H21FN2O4/c24-18-7-3-2-6-17(18)22(28)25-14-15-9-11-26(12-10-15)23(29)21(27)20-13-16-5-1-4-8-19(16)30-20/h1-8,13,15H,9-12,14H2,(H,25,28). The second-order valence-electron chi connectivity index (χ2n) is 7.40. The summed E-state index contributed by atoms with van der Waals surface area (Å²) in [5.41, 5.74) is 0.583. The quantitative estimate of drug-likeness (QED) is 0.518. The van der Waals surface area contributed by atoms with Crippen molar-refractivity contribution in [3.8, 4) is 0 Å². The lowest BCUT2D eigenvalue weighted by atomic mass is 9.96. The normalized spacial score (nSPS) is 14.6. The van der Waals surface area contributed by atoms with Crippen molar-refractivity contribution in [2.45, 2.75) is 12.8 Å². The molecule has 0 radical (unpaired) electrons. The molecular formula is C23H21FN2O4. The Morgan fingerprint density at radius 2 is 1.73 bits per heavy atom. The number of fused-ring (bicyclic) bond motifs is 1. The smallest absolute Gasteiger partial charge is 0.298 e. The number of rotatable bonds is 5. The van der Waals surface area contributed by atoms with Crippen LogP contribution >= 0.6 is 0 Å². The highest BCUT2D eigenvalue weighted by atomic mass is 19.1. The summed E-state index contributed by atoms with van der Waals surface area (Å²) in [7, 11) is 0. The number of nitrogens with one attached hydrogen (secondary N) is 1. The molecule has 7 heteroatoms. The molecule has 3 aromatic rings. The second-order valence-corrected chi connectivity index (χ2v) is 7.40. The van der Waals surface area contributed by atoms with Crippen LogP contribution in [0.2, 0.25) is 0 Å². The minimum atomic E-state index is -0.655. The molecule has 6 nitrogen and oxygen atoms in total. The highest BCUT2D eigenvalue weighted by Gasteiger charge is 2.29. The molecule has 0 unspecified atom stereocenters. The zero-order chi connectivity index (χ0) is 21.1. The van der Waals surface area contributed by atoms with Crippen molar-refractivity contribution in [1.82, 2.24) is 10.2 Å². The van der Waals surface area contributed by atoms with Crippen molar-refractivity contribution in [2.75, 3.05) is 19.6 Å². The summed E-state index contributed by atoms with van der Waals surface area (Å²) in [5, 5.41) is 3.53. The maximum atomic E-state index is 13.7. The summed E-state index contributed by atoms with van der Waals surface area (Å²) in [6.45, 7) is 1.24. The molecule has 1 saturated heterocycles. The molecule has 0 atom stereocenters. The van der Waals surface area contributed by atoms with E-state index in [1.165, 1.54) is 23.1 Å². The lowest BCUT2D eigenvalue weighted by molar-refractivity contribution is -0.127. The van der Waals surface area contributed by atoms with E-state index in [1.54, 1.807) is 24.3 Å². The summed E-state index contributed by atoms with van der Waals surface area (Å²) in [6, 6.07) is 14.6. The zero-order valence-corrected chi connectivity index (χ0v) is 16.3. The summed E-state index contributed by atoms with van der Waals surface area (Å²) >= 11 is 0. The third-order valence-electron chi connectivity index (χ3n) is 5.42. The van der Waals surface area contributed by atoms with Gasteiger partial charge in [0.25, 0.3) is 17.6 Å². The Bertz CT molecular complexity index is 1070. The average Bonchev–Trinajstić information content (AvgIpc) is 3.21. The van der Waals surface area contributed by atoms with E-state index in [0.717, 1.165) is 5.39 Å². The van der Waals surface area contributed by atoms with Crippen molar-refractivity contribution in [3.05, 3.63) is 71.7 Å². The predicted molar refractivity (Wildman–Crippen MR) is 109 cm³/mol. The van der Waals surface area contributed by atoms with Crippen LogP contribution in [0.5, 0.6) is 0 Å². The predicted octanol–water partition coefficient (Wildman–Crippen LogP) is 3.42. The zero-order valence-electron chi connectivity index (χ0n) is 16.3. The van der Waals surface area contributed by atoms with Crippen molar-refractivity contribution in [1.29, 1.82) is 0 Å². The maximum absolute atomic E-state index is 13.7. The Labute approximate surface area is 172 Å². The topological polar surface area (TPSA) is 79.6 Å². The first kappa shape index (κ1) is 19.8. The van der Waals surface area contributed by atoms with E-state index in [2.05, 4.69) is 5.32 Å². The van der Waals surface area contributed by atoms with Gasteiger partial charge in [-0.1, -0.05) is 30.3 Å². The van der Waals surface area contributed by atoms with Crippen molar-refractivity contribution < 1.29 is 23.2 Å². The number of carbonyl (C=O) groups excluding carboxylic acids is 3. The first-order chi connectivity index (χ1) is 14.5. The lowest BCUT2D eigenvalue weighted by Gasteiger charge is -2.31. The number of likely N-dealkylation sites (tertiary alicyclic amines) is 1. The van der Waals surface area contributed by atoms with Crippen molar-refractivity contribution >= 4 is 28.6 Å². The molecule has 0 aliphatic carbocycles. The molecule has 154 valence electrons. The summed E-state index contributed by atoms with van der Waals surface area (Å²) < 4.78 is 19.2. The molecule has 1 fully saturated rings. The van der Waals surface area contributed by atoms with E-state index in [1.807, 2.05) is 12.1 Å². The van der Waals surface area contributed by atoms with Gasteiger partial charge >= 0.3 is 0 Å². The van der Waals surface area contributed by atoms with Crippen LogP contribution in [0.15, 0.2) is 59.0 Å². The first-order valence-electron chi connectivity index (χ1n) is 9.88. The van der Waals surface area contributed by atoms with Gasteiger partial charge in [-0.25, -0.2) is 4.39 Å². The van der Waals surface area contributed by atoms with Crippen molar-refractivity contribution in [3.63, 3.8) is 0 Å². The fourth-order valence-electron chi connectivity index (χ4n) is 3.66. The molecule has 0 saturated carbocycles. The van der Waals surface area contributed by atoms with Gasteiger partial charge < -0.3 is 14.6 Å². The highest BCUT2D eigenvalue weighted by molar-refractivity contribution is 6.42. The van der Waals surface area contributed by atoms with E-state index in [-0.39, 0.29) is 17.2 Å². The van der Waals surface area contributed by atoms with Gasteiger partial charge in [0, 0.05) is 25.0 Å². The van der Waals surface area contributed by atoms with Crippen LogP contribution in [0.4, 0.5) is 4.39 Å². The van der Waals surface area contributed by atoms with E-state index in [0.29, 0.717) is 38.1 Å². The van der Waals surface area contributed by atoms with Crippen LogP contribution in [-0.4, -0.2) is 42.1 Å². The Kier molecular flexibility index (Phi) is 5.61. The minimum absolute atomic E-state index is 0.0153. The van der Waals surface area contributed by atoms with Crippen LogP contribution in [0.1, 0.15) is 33.8 Å². The number of amides is 2. The van der Waals surface area contributed by atoms with E-state index in [9.17, 15) is 18.8 Å². The van der Waals surface area contributed by atoms with Gasteiger partial charge in [0.05, 0.1) is 5.56 Å². The van der Waals surface area contributed by atoms with Crippen molar-refractivity contribution in [2.24, 2.45) is 5.92 Å². The number of furan rings is 1. The SMILES string of the molecule is O=C(C(=O)N1CCC(CNC(=O)c2ccccc2F)CC1)c1cc2ccccc2o1. The Balaban J connectivity index is 1.29. The van der Waals surface area contributed by atoms with Gasteiger partial charge in [0.15, 0.2) is 5.76 Å². The van der Waals surface area contributed by atoms with E-state index < -0.39 is 23.4 Å². The fourth-order valence-corrected chi connectivity index (χ4v) is 3.66. The summed E-state index contributed by atoms with van der Waals surface area (Å²) in [5.74, 6) is -2.04. The molecule has 4 rings (SSSR count). The average molecular weight is 408 g/mol. The third-order valence-corrected chi connectivity index (χ3v) is 5.42. The van der Waals surface area contributed by atoms with Crippen LogP contribution in [-0.2, 0) is 4.79 Å². The van der Waals surface area contributed by atoms with Crippen LogP contribution in [0.25, 0.3) is 11.0 Å². The second kappa shape index (κ2) is 8.49. The number of carbonyl (C=O) groups is 3. The number of piperidine rings is 1. The van der Waals surface area contributed by atoms with Gasteiger partial charge in [0.1, 0.15) is 11.4 Å². The van der Waals surface area contributed by atoms with Crippen LogP contribution in [0, 0.1) is 11.7 Å². The lowest BCUT2D eigenvalue weighted by Crippen LogP contribution is -2.44. The number of hydrogen-bond donors (Lipinski definition) is 1. The molecule has 1 aromatic heterocycles. The number of Topliss-reactive ketones (excluding diaryl/α,β-unsaturated/α-hetero) is 1. The molecule has 1 aliphatic heterocycles. The number of para-hydroxylation sites is 1. The molecular weight excluding hydrogens is 387 g/mol. The molecule has 1 N–H and O–H groups in total. The van der Waals surface area contributed by atoms with Gasteiger partial charge in [-0.3, -0.25) is 14.4 Å². The molecule has 0 bridgehead atoms. The first-order valence-corrected chi connectivity index (χ1v) is 9.88. The van der Waals surface area contributed by atoms with E-state index in [4.69, 9.17) is 4.42 Å². The maximum Gasteiger partial charge on any atom is 0.298 e. The molecule has 30 heavy (non-hydrogen) atoms. The number of nitrogens with zero attached hydrogens (tertiary/aromatic N) is 1. The Morgan fingerprint density at radius 1 is 1.03 bits per heavy atom. The van der Waals surface area contributed by atoms with Crippen LogP contribution in [0.3, 0.4) is 0 Å². The third kappa shape index (κ3) is 4.10. The fraction of sp³-hybridized carbons (Fsp3) is 0.261. The summed E-state index contributed by atoms with van der Waals surface area (Å²) in [4.78, 5) is 38.7. The molecule has 2 heterocycles. The van der Waals surface area contributed by atoms with Gasteiger partial charge in [-0.15, -0.1) is 0 Å². The molecule has 2 amide bonds. The Hall–Kier alpha value is -3.48. The Morgan fingerprint density at radius 3 is 2.47 bits per heavy atom. The molecule has 1 aliphatic rings. The van der Waals surface area contributed by atoms with Gasteiger partial charge in [-0.05, 0) is 43.0 Å². The van der Waals surface area contributed by atoms with E-state index >= 15 is 0 Å². The minimum Gasteiger partial charge on any atom is -0.452 e. The largest absolute Gasteiger partial charge is 0.452 e. The molecule has 2 aromatic carbocycles. The van der Waals surface area contributed by atoms with Gasteiger partial charge in [0.2, 0.25) is 0 Å². The molecule has 0 spiro atoms. The van der Waals surface area contributed by atoms with Crippen LogP contribution < -0.4 is 5.32 Å². The monoisotopic (exact) mass is 408 g/mol. The number of benzene rings is 2. The van der Waals surface area contributed by atoms with Gasteiger partial charge in [-0.2, -0.15) is 0 Å². The number of hydrogen-bond acceptors (Lipinski definition) is 4. The number of ketones is 1. The summed E-state index contributed by atoms with van der Waals surface area (Å²) in [6.07, 6.45) is 1.30.